The highest BCUT2D eigenvalue weighted by Crippen LogP contribution is 2.24. The monoisotopic (exact) mass is 439 g/mol. The lowest BCUT2D eigenvalue weighted by atomic mass is 10.1. The summed E-state index contributed by atoms with van der Waals surface area (Å²) in [6, 6.07) is 22.1. The zero-order valence-corrected chi connectivity index (χ0v) is 17.4. The van der Waals surface area contributed by atoms with Gasteiger partial charge in [-0.15, -0.1) is 0 Å². The van der Waals surface area contributed by atoms with Crippen LogP contribution >= 0.6 is 11.6 Å². The molecule has 0 amide bonds. The quantitative estimate of drug-likeness (QED) is 0.335. The lowest BCUT2D eigenvalue weighted by Gasteiger charge is -2.10. The maximum Gasteiger partial charge on any atom is 0.222 e. The van der Waals surface area contributed by atoms with E-state index < -0.39 is 10.9 Å². The molecular weight excluding hydrogens is 422 g/mol. The minimum atomic E-state index is -2.88. The molecule has 1 N–H and O–H groups in total. The zero-order chi connectivity index (χ0) is 21.1. The van der Waals surface area contributed by atoms with Crippen LogP contribution in [-0.4, -0.2) is 23.8 Å². The van der Waals surface area contributed by atoms with Crippen LogP contribution < -0.4 is 4.72 Å². The highest BCUT2D eigenvalue weighted by molar-refractivity contribution is 7.73. The number of para-hydroxylation sites is 2. The number of nitrogens with zero attached hydrogens (tertiary/aromatic N) is 2. The first-order valence-electron chi connectivity index (χ1n) is 9.23. The SMILES string of the molecule is O=C(Cn1c(Cc2ccccc2)nc2ccccc21)c1ccc(Cl)c(N[SH](=O)=O)c1. The molecule has 1 aromatic heterocycles. The van der Waals surface area contributed by atoms with E-state index >= 15 is 0 Å². The van der Waals surface area contributed by atoms with Crippen LogP contribution in [0.5, 0.6) is 0 Å². The van der Waals surface area contributed by atoms with Crippen LogP contribution in [0, 0.1) is 0 Å². The van der Waals surface area contributed by atoms with E-state index in [4.69, 9.17) is 16.6 Å². The smallest absolute Gasteiger partial charge is 0.222 e. The van der Waals surface area contributed by atoms with Crippen molar-refractivity contribution in [3.8, 4) is 0 Å². The molecule has 3 aromatic carbocycles. The number of carbonyl (C=O) groups is 1. The van der Waals surface area contributed by atoms with Crippen LogP contribution in [0.2, 0.25) is 5.02 Å². The van der Waals surface area contributed by atoms with Gasteiger partial charge in [0.2, 0.25) is 10.9 Å². The maximum absolute atomic E-state index is 13.0. The number of fused-ring (bicyclic) bond motifs is 1. The van der Waals surface area contributed by atoms with Gasteiger partial charge in [0.15, 0.2) is 5.78 Å². The summed E-state index contributed by atoms with van der Waals surface area (Å²) >= 11 is 6.02. The van der Waals surface area contributed by atoms with Gasteiger partial charge in [0.25, 0.3) is 0 Å². The van der Waals surface area contributed by atoms with Crippen LogP contribution in [0.4, 0.5) is 5.69 Å². The molecule has 0 aliphatic carbocycles. The van der Waals surface area contributed by atoms with Crippen molar-refractivity contribution in [3.63, 3.8) is 0 Å². The van der Waals surface area contributed by atoms with Gasteiger partial charge in [-0.3, -0.25) is 9.52 Å². The van der Waals surface area contributed by atoms with Crippen molar-refractivity contribution in [3.05, 3.63) is 94.8 Å². The standard InChI is InChI=1S/C22H18ClN3O3S/c23-17-11-10-16(13-19(17)25-30(28)29)21(27)14-26-20-9-5-4-8-18(20)24-22(26)12-15-6-2-1-3-7-15/h1-11,13,30H,12,14H2,(H,25,28,29). The van der Waals surface area contributed by atoms with Gasteiger partial charge in [0, 0.05) is 12.0 Å². The van der Waals surface area contributed by atoms with Crippen molar-refractivity contribution >= 4 is 45.0 Å². The van der Waals surface area contributed by atoms with Gasteiger partial charge in [0.05, 0.1) is 28.3 Å². The molecule has 0 bridgehead atoms. The van der Waals surface area contributed by atoms with Crippen molar-refractivity contribution in [2.24, 2.45) is 0 Å². The van der Waals surface area contributed by atoms with Crippen molar-refractivity contribution in [2.45, 2.75) is 13.0 Å². The molecule has 6 nitrogen and oxygen atoms in total. The van der Waals surface area contributed by atoms with Crippen LogP contribution in [0.15, 0.2) is 72.8 Å². The van der Waals surface area contributed by atoms with Gasteiger partial charge in [0.1, 0.15) is 5.82 Å². The first-order chi connectivity index (χ1) is 14.5. The summed E-state index contributed by atoms with van der Waals surface area (Å²) in [6.45, 7) is 0.0767. The first-order valence-corrected chi connectivity index (χ1v) is 10.8. The number of hydrogen-bond donors (Lipinski definition) is 2. The summed E-state index contributed by atoms with van der Waals surface area (Å²) in [7, 11) is -2.88. The van der Waals surface area contributed by atoms with Gasteiger partial charge < -0.3 is 4.57 Å². The second-order valence-corrected chi connectivity index (χ2v) is 7.90. The summed E-state index contributed by atoms with van der Waals surface area (Å²) in [5.41, 5.74) is 3.32. The van der Waals surface area contributed by atoms with Crippen LogP contribution in [0.3, 0.4) is 0 Å². The van der Waals surface area contributed by atoms with Gasteiger partial charge in [-0.05, 0) is 35.9 Å². The largest absolute Gasteiger partial charge is 0.320 e. The van der Waals surface area contributed by atoms with Crippen LogP contribution in [0.25, 0.3) is 11.0 Å². The fourth-order valence-corrected chi connectivity index (χ4v) is 3.95. The Hall–Kier alpha value is -3.16. The van der Waals surface area contributed by atoms with E-state index in [1.165, 1.54) is 12.1 Å². The van der Waals surface area contributed by atoms with Crippen molar-refractivity contribution in [1.29, 1.82) is 0 Å². The predicted molar refractivity (Wildman–Crippen MR) is 119 cm³/mol. The minimum absolute atomic E-state index is 0.0767. The Labute approximate surface area is 180 Å². The lowest BCUT2D eigenvalue weighted by Crippen LogP contribution is -2.14. The van der Waals surface area contributed by atoms with E-state index in [1.807, 2.05) is 59.2 Å². The molecule has 0 saturated heterocycles. The second-order valence-electron chi connectivity index (χ2n) is 6.75. The molecule has 30 heavy (non-hydrogen) atoms. The lowest BCUT2D eigenvalue weighted by molar-refractivity contribution is 0.0972. The molecule has 0 saturated carbocycles. The molecule has 4 aromatic rings. The molecule has 4 rings (SSSR count). The summed E-state index contributed by atoms with van der Waals surface area (Å²) in [5.74, 6) is 0.610. The molecule has 1 heterocycles. The number of nitrogens with one attached hydrogen (secondary N) is 1. The fourth-order valence-electron chi connectivity index (χ4n) is 3.33. The summed E-state index contributed by atoms with van der Waals surface area (Å²) in [6.07, 6.45) is 0.590. The maximum atomic E-state index is 13.0. The summed E-state index contributed by atoms with van der Waals surface area (Å²) in [5, 5.41) is 0.226. The topological polar surface area (TPSA) is 81.1 Å². The number of rotatable bonds is 7. The molecule has 8 heteroatoms. The number of hydrogen-bond acceptors (Lipinski definition) is 4. The molecule has 0 radical (unpaired) electrons. The summed E-state index contributed by atoms with van der Waals surface area (Å²) < 4.78 is 26.1. The number of thiol groups is 1. The number of Topliss-reactive ketones (excluding diaryl/α,β-unsaturated/α-hetero) is 1. The van der Waals surface area contributed by atoms with Crippen LogP contribution in [0.1, 0.15) is 21.7 Å². The van der Waals surface area contributed by atoms with E-state index in [-0.39, 0.29) is 23.0 Å². The Kier molecular flexibility index (Phi) is 5.83. The van der Waals surface area contributed by atoms with E-state index in [0.29, 0.717) is 12.0 Å². The third-order valence-corrected chi connectivity index (χ3v) is 5.49. The van der Waals surface area contributed by atoms with Gasteiger partial charge >= 0.3 is 0 Å². The van der Waals surface area contributed by atoms with E-state index in [0.717, 1.165) is 22.4 Å². The Bertz CT molecular complexity index is 1290. The molecule has 0 atom stereocenters. The van der Waals surface area contributed by atoms with Crippen molar-refractivity contribution < 1.29 is 13.2 Å². The molecule has 0 aliphatic heterocycles. The number of halogens is 1. The molecule has 0 aliphatic rings. The molecule has 0 unspecified atom stereocenters. The van der Waals surface area contributed by atoms with Crippen molar-refractivity contribution in [1.82, 2.24) is 9.55 Å². The second kappa shape index (κ2) is 8.69. The Balaban J connectivity index is 1.69. The highest BCUT2D eigenvalue weighted by atomic mass is 35.5. The number of benzene rings is 3. The fraction of sp³-hybridized carbons (Fsp3) is 0.0909. The van der Waals surface area contributed by atoms with Gasteiger partial charge in [-0.1, -0.05) is 54.1 Å². The minimum Gasteiger partial charge on any atom is -0.320 e. The highest BCUT2D eigenvalue weighted by Gasteiger charge is 2.16. The average molecular weight is 440 g/mol. The molecule has 152 valence electrons. The average Bonchev–Trinajstić information content (AvgIpc) is 3.07. The number of carbonyl (C=O) groups excluding carboxylic acids is 1. The molecular formula is C22H18ClN3O3S. The summed E-state index contributed by atoms with van der Waals surface area (Å²) in [4.78, 5) is 17.8. The van der Waals surface area contributed by atoms with Gasteiger partial charge in [-0.2, -0.15) is 0 Å². The third kappa shape index (κ3) is 4.37. The Morgan fingerprint density at radius 3 is 2.50 bits per heavy atom. The van der Waals surface area contributed by atoms with E-state index in [9.17, 15) is 13.2 Å². The number of aromatic nitrogens is 2. The number of imidazole rings is 1. The van der Waals surface area contributed by atoms with Crippen molar-refractivity contribution in [2.75, 3.05) is 4.72 Å². The Morgan fingerprint density at radius 1 is 1.00 bits per heavy atom. The first kappa shape index (κ1) is 20.1. The zero-order valence-electron chi connectivity index (χ0n) is 15.8. The predicted octanol–water partition coefficient (Wildman–Crippen LogP) is 4.10. The third-order valence-electron chi connectivity index (χ3n) is 4.74. The van der Waals surface area contributed by atoms with E-state index in [2.05, 4.69) is 4.72 Å². The molecule has 0 spiro atoms. The van der Waals surface area contributed by atoms with Gasteiger partial charge in [-0.25, -0.2) is 13.4 Å². The Morgan fingerprint density at radius 2 is 1.73 bits per heavy atom. The normalized spacial score (nSPS) is 11.1. The van der Waals surface area contributed by atoms with Crippen LogP contribution in [-0.2, 0) is 23.9 Å². The number of anilines is 1. The van der Waals surface area contributed by atoms with E-state index in [1.54, 1.807) is 6.07 Å². The molecule has 0 fully saturated rings. The number of ketones is 1.